The Balaban J connectivity index is 0.00000187. The van der Waals surface area contributed by atoms with Crippen LogP contribution in [0.3, 0.4) is 0 Å². The van der Waals surface area contributed by atoms with Crippen molar-refractivity contribution in [2.75, 3.05) is 0 Å². The molecule has 244 valence electrons. The van der Waals surface area contributed by atoms with Crippen molar-refractivity contribution in [2.45, 2.75) is 7.35 Å². The molecule has 6 aromatic carbocycles. The van der Waals surface area contributed by atoms with Crippen molar-refractivity contribution in [3.05, 3.63) is 192 Å². The minimum Gasteiger partial charge on any atom is -1.00 e. The number of hydrogen-bond acceptors (Lipinski definition) is 2. The molecular formula is C46H30Cl2HfO2. The molecular weight excluding hydrogens is 834 g/mol. The number of allylic oxidation sites excluding steroid dienone is 2. The van der Waals surface area contributed by atoms with E-state index in [4.69, 9.17) is 8.83 Å². The summed E-state index contributed by atoms with van der Waals surface area (Å²) in [5.74, 6) is 1.95. The van der Waals surface area contributed by atoms with Crippen molar-refractivity contribution in [2.24, 2.45) is 0 Å². The van der Waals surface area contributed by atoms with Gasteiger partial charge >= 0.3 is 298 Å². The van der Waals surface area contributed by atoms with Gasteiger partial charge in [-0.15, -0.1) is 0 Å². The summed E-state index contributed by atoms with van der Waals surface area (Å²) in [7, 11) is 0. The summed E-state index contributed by atoms with van der Waals surface area (Å²) in [6, 6.07) is 52.9. The standard InChI is InChI=1S/2C23H15O.2ClH.Hf/c2*1-2-9-19-16(6-1)7-3-10-20(19)21-11-4-8-17-14-18(15-22(17)21)23-12-5-13-24-23;;;/h2*1-15H;2*1H;/q;;;;+2/p-2. The first kappa shape index (κ1) is 33.5. The van der Waals surface area contributed by atoms with Gasteiger partial charge in [0.2, 0.25) is 0 Å². The fourth-order valence-corrected chi connectivity index (χ4v) is 15.2. The number of rotatable bonds is 6. The molecule has 0 N–H and O–H groups in total. The van der Waals surface area contributed by atoms with Crippen molar-refractivity contribution < 1.29 is 56.6 Å². The third kappa shape index (κ3) is 5.60. The van der Waals surface area contributed by atoms with E-state index in [0.717, 1.165) is 11.5 Å². The summed E-state index contributed by atoms with van der Waals surface area (Å²) in [5.41, 5.74) is 13.3. The predicted octanol–water partition coefficient (Wildman–Crippen LogP) is 6.49. The molecule has 0 saturated carbocycles. The van der Waals surface area contributed by atoms with Gasteiger partial charge in [-0.1, -0.05) is 0 Å². The van der Waals surface area contributed by atoms with Gasteiger partial charge < -0.3 is 24.8 Å². The van der Waals surface area contributed by atoms with E-state index in [0.29, 0.717) is 7.35 Å². The Labute approximate surface area is 320 Å². The van der Waals surface area contributed by atoms with E-state index in [1.807, 2.05) is 24.7 Å². The summed E-state index contributed by atoms with van der Waals surface area (Å²) < 4.78 is 13.0. The van der Waals surface area contributed by atoms with Crippen LogP contribution in [0.25, 0.3) is 67.1 Å². The van der Waals surface area contributed by atoms with Crippen LogP contribution in [0.15, 0.2) is 167 Å². The first-order valence-corrected chi connectivity index (χ1v) is 21.0. The zero-order chi connectivity index (χ0) is 32.3. The molecule has 2 aliphatic carbocycles. The Hall–Kier alpha value is -4.67. The number of furan rings is 2. The van der Waals surface area contributed by atoms with Crippen LogP contribution in [0, 0.1) is 0 Å². The second-order valence-corrected chi connectivity index (χ2v) is 18.2. The van der Waals surface area contributed by atoms with Crippen molar-refractivity contribution in [1.82, 2.24) is 0 Å². The number of hydrogen-bond donors (Lipinski definition) is 0. The monoisotopic (exact) mass is 864 g/mol. The van der Waals surface area contributed by atoms with Crippen molar-refractivity contribution in [3.8, 4) is 22.3 Å². The molecule has 51 heavy (non-hydrogen) atoms. The average molecular weight is 864 g/mol. The predicted molar refractivity (Wildman–Crippen MR) is 197 cm³/mol. The maximum absolute atomic E-state index is 6.18. The molecule has 8 aromatic rings. The quantitative estimate of drug-likeness (QED) is 0.179. The number of benzene rings is 6. The van der Waals surface area contributed by atoms with E-state index in [-0.39, 0.29) is 24.8 Å². The van der Waals surface area contributed by atoms with Crippen LogP contribution in [0.4, 0.5) is 0 Å². The summed E-state index contributed by atoms with van der Waals surface area (Å²) in [6.45, 7) is 0. The molecule has 2 heterocycles. The van der Waals surface area contributed by atoms with Crippen LogP contribution in [0.5, 0.6) is 0 Å². The minimum absolute atomic E-state index is 0. The molecule has 0 radical (unpaired) electrons. The fraction of sp³-hybridized carbons (Fsp3) is 0.0435. The second-order valence-electron chi connectivity index (χ2n) is 12.9. The van der Waals surface area contributed by atoms with Gasteiger partial charge in [0.25, 0.3) is 0 Å². The van der Waals surface area contributed by atoms with Crippen LogP contribution < -0.4 is 24.8 Å². The molecule has 2 aliphatic rings. The van der Waals surface area contributed by atoms with Crippen LogP contribution in [-0.4, -0.2) is 0 Å². The molecule has 10 rings (SSSR count). The molecule has 0 aliphatic heterocycles. The third-order valence-corrected chi connectivity index (χ3v) is 17.1. The summed E-state index contributed by atoms with van der Waals surface area (Å²) in [6.07, 6.45) is 8.49. The van der Waals surface area contributed by atoms with Gasteiger partial charge in [-0.05, 0) is 0 Å². The first-order valence-electron chi connectivity index (χ1n) is 16.8. The second kappa shape index (κ2) is 13.8. The molecule has 5 heteroatoms. The van der Waals surface area contributed by atoms with E-state index in [9.17, 15) is 0 Å². The third-order valence-electron chi connectivity index (χ3n) is 10.2. The molecule has 2 unspecified atom stereocenters. The molecule has 2 aromatic heterocycles. The Morgan fingerprint density at radius 1 is 0.392 bits per heavy atom. The van der Waals surface area contributed by atoms with Crippen LogP contribution >= 0.6 is 0 Å². The van der Waals surface area contributed by atoms with Crippen LogP contribution in [0.2, 0.25) is 0 Å². The molecule has 2 atom stereocenters. The first-order chi connectivity index (χ1) is 24.3. The summed E-state index contributed by atoms with van der Waals surface area (Å²) >= 11 is -1.65. The summed E-state index contributed by atoms with van der Waals surface area (Å²) in [5, 5.41) is 5.09. The Kier molecular flexibility index (Phi) is 9.06. The Bertz CT molecular complexity index is 2410. The molecule has 0 spiro atoms. The maximum Gasteiger partial charge on any atom is -1.00 e. The van der Waals surface area contributed by atoms with Crippen molar-refractivity contribution >= 4 is 44.8 Å². The normalized spacial score (nSPS) is 15.7. The van der Waals surface area contributed by atoms with E-state index in [1.165, 1.54) is 77.2 Å². The topological polar surface area (TPSA) is 26.3 Å². The Morgan fingerprint density at radius 2 is 0.804 bits per heavy atom. The van der Waals surface area contributed by atoms with Gasteiger partial charge in [0.1, 0.15) is 0 Å². The van der Waals surface area contributed by atoms with Gasteiger partial charge in [0.05, 0.1) is 0 Å². The smallest absolute Gasteiger partial charge is 1.00 e. The SMILES string of the molecule is C1=C(c2ccco2)[CH]([Hf+2][CH]2C(c3ccco3)=Cc3c(-c4cccc5ccccc45)cccc32)c2cccc(-c3cccc4ccccc34)c21.[Cl-].[Cl-]. The minimum atomic E-state index is -1.65. The number of fused-ring (bicyclic) bond motifs is 4. The van der Waals surface area contributed by atoms with Gasteiger partial charge in [0.15, 0.2) is 0 Å². The van der Waals surface area contributed by atoms with E-state index >= 15 is 0 Å². The van der Waals surface area contributed by atoms with Crippen LogP contribution in [0.1, 0.15) is 41.1 Å². The maximum atomic E-state index is 6.18. The molecule has 0 amide bonds. The zero-order valence-corrected chi connectivity index (χ0v) is 32.5. The van der Waals surface area contributed by atoms with Crippen LogP contribution in [-0.2, 0) is 22.9 Å². The van der Waals surface area contributed by atoms with Crippen molar-refractivity contribution in [1.29, 1.82) is 0 Å². The van der Waals surface area contributed by atoms with Gasteiger partial charge in [-0.3, -0.25) is 0 Å². The molecule has 0 bridgehead atoms. The van der Waals surface area contributed by atoms with Gasteiger partial charge in [-0.25, -0.2) is 0 Å². The Morgan fingerprint density at radius 3 is 1.25 bits per heavy atom. The average Bonchev–Trinajstić information content (AvgIpc) is 3.98. The largest absolute Gasteiger partial charge is 1.00 e. The summed E-state index contributed by atoms with van der Waals surface area (Å²) in [4.78, 5) is 0. The molecule has 0 fully saturated rings. The fourth-order valence-electron chi connectivity index (χ4n) is 8.03. The van der Waals surface area contributed by atoms with Crippen molar-refractivity contribution in [3.63, 3.8) is 0 Å². The molecule has 0 saturated heterocycles. The van der Waals surface area contributed by atoms with Gasteiger partial charge in [-0.2, -0.15) is 0 Å². The van der Waals surface area contributed by atoms with Gasteiger partial charge in [0, 0.05) is 0 Å². The van der Waals surface area contributed by atoms with E-state index in [2.05, 4.69) is 146 Å². The van der Waals surface area contributed by atoms with E-state index < -0.39 is 22.9 Å². The number of halogens is 2. The molecule has 2 nitrogen and oxygen atoms in total. The van der Waals surface area contributed by atoms with E-state index in [1.54, 1.807) is 0 Å². The zero-order valence-electron chi connectivity index (χ0n) is 27.4.